The molecule has 0 spiro atoms. The van der Waals surface area contributed by atoms with Crippen LogP contribution in [0.1, 0.15) is 48.3 Å². The monoisotopic (exact) mass is 324 g/mol. The summed E-state index contributed by atoms with van der Waals surface area (Å²) >= 11 is 0. The molecule has 0 aliphatic heterocycles. The van der Waals surface area contributed by atoms with E-state index in [4.69, 9.17) is 9.47 Å². The van der Waals surface area contributed by atoms with Gasteiger partial charge in [0.25, 0.3) is 0 Å². The van der Waals surface area contributed by atoms with Gasteiger partial charge in [-0.15, -0.1) is 0 Å². The first-order valence-corrected chi connectivity index (χ1v) is 8.04. The van der Waals surface area contributed by atoms with Gasteiger partial charge < -0.3 is 9.47 Å². The lowest BCUT2D eigenvalue weighted by atomic mass is 9.85. The lowest BCUT2D eigenvalue weighted by Crippen LogP contribution is -2.21. The van der Waals surface area contributed by atoms with Crippen LogP contribution in [0.3, 0.4) is 0 Å². The molecule has 0 unspecified atom stereocenters. The second-order valence-electron chi connectivity index (χ2n) is 6.00. The van der Waals surface area contributed by atoms with Gasteiger partial charge in [-0.2, -0.15) is 0 Å². The molecule has 0 fully saturated rings. The lowest BCUT2D eigenvalue weighted by molar-refractivity contribution is -0.146. The molecule has 2 atom stereocenters. The summed E-state index contributed by atoms with van der Waals surface area (Å²) in [7, 11) is 0. The molecule has 0 saturated heterocycles. The maximum Gasteiger partial charge on any atom is 0.303 e. The van der Waals surface area contributed by atoms with Crippen molar-refractivity contribution in [2.24, 2.45) is 0 Å². The van der Waals surface area contributed by atoms with Gasteiger partial charge in [-0.1, -0.05) is 48.5 Å². The van der Waals surface area contributed by atoms with Gasteiger partial charge in [-0.05, 0) is 22.3 Å². The molecule has 0 heterocycles. The first kappa shape index (κ1) is 16.2. The zero-order valence-electron chi connectivity index (χ0n) is 13.8. The third kappa shape index (κ3) is 3.48. The normalized spacial score (nSPS) is 19.2. The van der Waals surface area contributed by atoms with Crippen molar-refractivity contribution in [3.63, 3.8) is 0 Å². The predicted octanol–water partition coefficient (Wildman–Crippen LogP) is 3.69. The molecule has 124 valence electrons. The highest BCUT2D eigenvalue weighted by Crippen LogP contribution is 2.36. The standard InChI is InChI=1S/C20H20O4/c1-13(21)23-19-11-15-7-4-6-10-18(15)20(24-14(2)22)12-16-8-3-5-9-17(16)19/h3-10,19-20H,11-12H2,1-2H3/t19-,20-/m1/s1. The number of benzene rings is 2. The fourth-order valence-corrected chi connectivity index (χ4v) is 3.30. The molecule has 0 bridgehead atoms. The van der Waals surface area contributed by atoms with Gasteiger partial charge in [0.2, 0.25) is 0 Å². The fourth-order valence-electron chi connectivity index (χ4n) is 3.30. The minimum Gasteiger partial charge on any atom is -0.457 e. The van der Waals surface area contributed by atoms with E-state index >= 15 is 0 Å². The quantitative estimate of drug-likeness (QED) is 0.791. The van der Waals surface area contributed by atoms with Crippen LogP contribution in [0.4, 0.5) is 0 Å². The van der Waals surface area contributed by atoms with Gasteiger partial charge in [-0.3, -0.25) is 9.59 Å². The zero-order chi connectivity index (χ0) is 17.1. The smallest absolute Gasteiger partial charge is 0.303 e. The topological polar surface area (TPSA) is 52.6 Å². The van der Waals surface area contributed by atoms with Crippen molar-refractivity contribution in [2.45, 2.75) is 38.9 Å². The fraction of sp³-hybridized carbons (Fsp3) is 0.300. The maximum absolute atomic E-state index is 11.6. The maximum atomic E-state index is 11.6. The number of fused-ring (bicyclic) bond motifs is 2. The van der Waals surface area contributed by atoms with Gasteiger partial charge >= 0.3 is 11.9 Å². The van der Waals surface area contributed by atoms with E-state index in [0.29, 0.717) is 12.8 Å². The van der Waals surface area contributed by atoms with Crippen LogP contribution in [-0.4, -0.2) is 11.9 Å². The largest absolute Gasteiger partial charge is 0.457 e. The van der Waals surface area contributed by atoms with Crippen molar-refractivity contribution in [1.82, 2.24) is 0 Å². The van der Waals surface area contributed by atoms with E-state index in [1.807, 2.05) is 48.5 Å². The lowest BCUT2D eigenvalue weighted by Gasteiger charge is -2.28. The highest BCUT2D eigenvalue weighted by atomic mass is 16.5. The minimum absolute atomic E-state index is 0.301. The third-order valence-electron chi connectivity index (χ3n) is 4.23. The first-order valence-electron chi connectivity index (χ1n) is 8.04. The Hall–Kier alpha value is -2.62. The Morgan fingerprint density at radius 1 is 0.750 bits per heavy atom. The Balaban J connectivity index is 2.08. The molecule has 3 rings (SSSR count). The number of esters is 2. The molecular weight excluding hydrogens is 304 g/mol. The summed E-state index contributed by atoms with van der Waals surface area (Å²) in [5, 5.41) is 0. The van der Waals surface area contributed by atoms with E-state index in [1.54, 1.807) is 0 Å². The predicted molar refractivity (Wildman–Crippen MR) is 89.3 cm³/mol. The number of ether oxygens (including phenoxy) is 2. The Bertz CT molecular complexity index is 700. The molecule has 1 aliphatic rings. The molecule has 2 aromatic carbocycles. The van der Waals surface area contributed by atoms with Crippen molar-refractivity contribution in [2.75, 3.05) is 0 Å². The van der Waals surface area contributed by atoms with Crippen LogP contribution in [0.5, 0.6) is 0 Å². The summed E-state index contributed by atoms with van der Waals surface area (Å²) in [5.41, 5.74) is 4.01. The zero-order valence-corrected chi connectivity index (χ0v) is 13.8. The van der Waals surface area contributed by atoms with Crippen LogP contribution in [0.2, 0.25) is 0 Å². The minimum atomic E-state index is -0.335. The summed E-state index contributed by atoms with van der Waals surface area (Å²) < 4.78 is 11.2. The molecule has 2 aromatic rings. The molecule has 0 aromatic heterocycles. The van der Waals surface area contributed by atoms with Crippen molar-refractivity contribution in [3.8, 4) is 0 Å². The van der Waals surface area contributed by atoms with E-state index in [9.17, 15) is 9.59 Å². The van der Waals surface area contributed by atoms with Crippen LogP contribution in [0.15, 0.2) is 48.5 Å². The number of carbonyl (C=O) groups excluding carboxylic acids is 2. The number of rotatable bonds is 2. The van der Waals surface area contributed by atoms with E-state index in [-0.39, 0.29) is 24.1 Å². The molecule has 24 heavy (non-hydrogen) atoms. The molecule has 0 amide bonds. The Morgan fingerprint density at radius 3 is 1.50 bits per heavy atom. The average molecular weight is 324 g/mol. The van der Waals surface area contributed by atoms with Crippen molar-refractivity contribution in [3.05, 3.63) is 70.8 Å². The summed E-state index contributed by atoms with van der Waals surface area (Å²) in [4.78, 5) is 23.1. The molecule has 0 radical (unpaired) electrons. The van der Waals surface area contributed by atoms with E-state index in [0.717, 1.165) is 22.3 Å². The molecular formula is C20H20O4. The van der Waals surface area contributed by atoms with E-state index < -0.39 is 0 Å². The van der Waals surface area contributed by atoms with Gasteiger partial charge in [0.1, 0.15) is 12.2 Å². The first-order chi connectivity index (χ1) is 11.5. The van der Waals surface area contributed by atoms with E-state index in [1.165, 1.54) is 13.8 Å². The van der Waals surface area contributed by atoms with Crippen molar-refractivity contribution >= 4 is 11.9 Å². The Kier molecular flexibility index (Phi) is 4.65. The second-order valence-corrected chi connectivity index (χ2v) is 6.00. The molecule has 0 N–H and O–H groups in total. The van der Waals surface area contributed by atoms with Crippen LogP contribution < -0.4 is 0 Å². The van der Waals surface area contributed by atoms with Gasteiger partial charge in [0, 0.05) is 26.7 Å². The second kappa shape index (κ2) is 6.87. The Morgan fingerprint density at radius 2 is 1.12 bits per heavy atom. The van der Waals surface area contributed by atoms with Gasteiger partial charge in [0.15, 0.2) is 0 Å². The number of carbonyl (C=O) groups is 2. The summed E-state index contributed by atoms with van der Waals surface area (Å²) in [6.45, 7) is 2.85. The SMILES string of the molecule is CC(=O)O[C@@H]1Cc2ccccc2[C@H](OC(C)=O)Cc2ccccc21. The van der Waals surface area contributed by atoms with Crippen molar-refractivity contribution < 1.29 is 19.1 Å². The van der Waals surface area contributed by atoms with Crippen molar-refractivity contribution in [1.29, 1.82) is 0 Å². The van der Waals surface area contributed by atoms with Gasteiger partial charge in [-0.25, -0.2) is 0 Å². The van der Waals surface area contributed by atoms with Crippen LogP contribution >= 0.6 is 0 Å². The number of hydrogen-bond acceptors (Lipinski definition) is 4. The molecule has 4 heteroatoms. The van der Waals surface area contributed by atoms with Crippen LogP contribution in [0, 0.1) is 0 Å². The van der Waals surface area contributed by atoms with Crippen LogP contribution in [-0.2, 0) is 31.9 Å². The Labute approximate surface area is 141 Å². The number of hydrogen-bond donors (Lipinski definition) is 0. The van der Waals surface area contributed by atoms with E-state index in [2.05, 4.69) is 0 Å². The highest BCUT2D eigenvalue weighted by Gasteiger charge is 2.28. The highest BCUT2D eigenvalue weighted by molar-refractivity contribution is 5.67. The molecule has 4 nitrogen and oxygen atoms in total. The van der Waals surface area contributed by atoms with Gasteiger partial charge in [0.05, 0.1) is 0 Å². The third-order valence-corrected chi connectivity index (χ3v) is 4.23. The summed E-state index contributed by atoms with van der Waals surface area (Å²) in [6.07, 6.45) is 0.450. The molecule has 0 saturated carbocycles. The van der Waals surface area contributed by atoms with Crippen LogP contribution in [0.25, 0.3) is 0 Å². The molecule has 1 aliphatic carbocycles. The average Bonchev–Trinajstić information content (AvgIpc) is 2.52. The summed E-state index contributed by atoms with van der Waals surface area (Å²) in [5.74, 6) is -0.603. The summed E-state index contributed by atoms with van der Waals surface area (Å²) in [6, 6.07) is 15.7.